The quantitative estimate of drug-likeness (QED) is 0.746. The van der Waals surface area contributed by atoms with Gasteiger partial charge in [0.1, 0.15) is 5.60 Å². The molecule has 0 spiro atoms. The molecular weight excluding hydrogens is 394 g/mol. The molecule has 2 aromatic carbocycles. The first-order chi connectivity index (χ1) is 14.6. The molecule has 0 atom stereocenters. The van der Waals surface area contributed by atoms with Crippen molar-refractivity contribution in [1.29, 1.82) is 0 Å². The lowest BCUT2D eigenvalue weighted by Crippen LogP contribution is -2.50. The van der Waals surface area contributed by atoms with E-state index < -0.39 is 5.60 Å². The minimum Gasteiger partial charge on any atom is -0.444 e. The maximum absolute atomic E-state index is 12.5. The first kappa shape index (κ1) is 22.3. The second kappa shape index (κ2) is 9.20. The van der Waals surface area contributed by atoms with Crippen LogP contribution in [-0.4, -0.2) is 54.5 Å². The Morgan fingerprint density at radius 3 is 2.13 bits per heavy atom. The van der Waals surface area contributed by atoms with Gasteiger partial charge in [-0.15, -0.1) is 0 Å². The Morgan fingerprint density at radius 2 is 1.55 bits per heavy atom. The van der Waals surface area contributed by atoms with E-state index in [-0.39, 0.29) is 17.8 Å². The number of anilines is 2. The first-order valence-electron chi connectivity index (χ1n) is 10.4. The van der Waals surface area contributed by atoms with Crippen molar-refractivity contribution in [3.05, 3.63) is 59.7 Å². The number of nitrogens with one attached hydrogen (secondary N) is 1. The van der Waals surface area contributed by atoms with Gasteiger partial charge in [0.2, 0.25) is 0 Å². The second-order valence-electron chi connectivity index (χ2n) is 8.59. The number of nitrogens with zero attached hydrogens (tertiary/aromatic N) is 2. The number of hydrogen-bond donors (Lipinski definition) is 1. The highest BCUT2D eigenvalue weighted by atomic mass is 16.6. The second-order valence-corrected chi connectivity index (χ2v) is 8.59. The molecule has 1 heterocycles. The summed E-state index contributed by atoms with van der Waals surface area (Å²) in [5.41, 5.74) is 2.17. The minimum absolute atomic E-state index is 0.0489. The van der Waals surface area contributed by atoms with Crippen molar-refractivity contribution in [3.8, 4) is 0 Å². The molecule has 1 fully saturated rings. The van der Waals surface area contributed by atoms with Gasteiger partial charge in [-0.05, 0) is 64.1 Å². The van der Waals surface area contributed by atoms with Crippen LogP contribution >= 0.6 is 0 Å². The summed E-state index contributed by atoms with van der Waals surface area (Å²) in [6.07, 6.45) is -0.284. The van der Waals surface area contributed by atoms with E-state index in [1.165, 1.54) is 6.92 Å². The van der Waals surface area contributed by atoms with Crippen LogP contribution in [0.3, 0.4) is 0 Å². The van der Waals surface area contributed by atoms with Gasteiger partial charge in [0.15, 0.2) is 5.78 Å². The molecule has 0 unspecified atom stereocenters. The lowest BCUT2D eigenvalue weighted by atomic mass is 10.1. The van der Waals surface area contributed by atoms with Crippen LogP contribution in [0.15, 0.2) is 48.5 Å². The molecule has 31 heavy (non-hydrogen) atoms. The van der Waals surface area contributed by atoms with Gasteiger partial charge in [-0.1, -0.05) is 12.1 Å². The van der Waals surface area contributed by atoms with Gasteiger partial charge in [0.25, 0.3) is 5.91 Å². The smallest absolute Gasteiger partial charge is 0.410 e. The van der Waals surface area contributed by atoms with Crippen LogP contribution in [0, 0.1) is 0 Å². The largest absolute Gasteiger partial charge is 0.444 e. The molecule has 164 valence electrons. The molecule has 0 radical (unpaired) electrons. The molecule has 0 aliphatic carbocycles. The number of rotatable bonds is 4. The van der Waals surface area contributed by atoms with Crippen LogP contribution in [0.2, 0.25) is 0 Å². The van der Waals surface area contributed by atoms with E-state index in [0.29, 0.717) is 43.0 Å². The van der Waals surface area contributed by atoms with Crippen LogP contribution in [0.5, 0.6) is 0 Å². The van der Waals surface area contributed by atoms with E-state index in [0.717, 1.165) is 5.69 Å². The average Bonchev–Trinajstić information content (AvgIpc) is 2.73. The average molecular weight is 424 g/mol. The fourth-order valence-electron chi connectivity index (χ4n) is 3.32. The SMILES string of the molecule is CC(=O)c1cccc(NC(=O)c2ccc(N3CCN(C(=O)OC(C)(C)C)CC3)cc2)c1. The summed E-state index contributed by atoms with van der Waals surface area (Å²) in [5, 5.41) is 2.83. The zero-order valence-corrected chi connectivity index (χ0v) is 18.5. The van der Waals surface area contributed by atoms with Gasteiger partial charge in [-0.3, -0.25) is 9.59 Å². The Morgan fingerprint density at radius 1 is 0.903 bits per heavy atom. The number of amides is 2. The van der Waals surface area contributed by atoms with Gasteiger partial charge in [0, 0.05) is 48.7 Å². The van der Waals surface area contributed by atoms with Crippen molar-refractivity contribution < 1.29 is 19.1 Å². The standard InChI is InChI=1S/C24H29N3O4/c1-17(28)19-6-5-7-20(16-19)25-22(29)18-8-10-21(11-9-18)26-12-14-27(15-13-26)23(30)31-24(2,3)4/h5-11,16H,12-15H2,1-4H3,(H,25,29). The fraction of sp³-hybridized carbons (Fsp3) is 0.375. The third-order valence-electron chi connectivity index (χ3n) is 4.95. The van der Waals surface area contributed by atoms with Crippen molar-refractivity contribution in [1.82, 2.24) is 4.90 Å². The molecule has 3 rings (SSSR count). The van der Waals surface area contributed by atoms with E-state index in [1.54, 1.807) is 41.3 Å². The van der Waals surface area contributed by atoms with Crippen LogP contribution in [0.4, 0.5) is 16.2 Å². The molecule has 1 N–H and O–H groups in total. The van der Waals surface area contributed by atoms with E-state index in [1.807, 2.05) is 32.9 Å². The van der Waals surface area contributed by atoms with Gasteiger partial charge in [-0.2, -0.15) is 0 Å². The van der Waals surface area contributed by atoms with Gasteiger partial charge in [0.05, 0.1) is 0 Å². The van der Waals surface area contributed by atoms with Crippen molar-refractivity contribution >= 4 is 29.2 Å². The summed E-state index contributed by atoms with van der Waals surface area (Å²) >= 11 is 0. The number of piperazine rings is 1. The topological polar surface area (TPSA) is 79.0 Å². The van der Waals surface area contributed by atoms with Crippen molar-refractivity contribution in [2.75, 3.05) is 36.4 Å². The highest BCUT2D eigenvalue weighted by Gasteiger charge is 2.26. The maximum atomic E-state index is 12.5. The fourth-order valence-corrected chi connectivity index (χ4v) is 3.32. The lowest BCUT2D eigenvalue weighted by Gasteiger charge is -2.36. The van der Waals surface area contributed by atoms with Gasteiger partial charge in [-0.25, -0.2) is 4.79 Å². The van der Waals surface area contributed by atoms with Gasteiger partial charge < -0.3 is 19.9 Å². The molecule has 1 saturated heterocycles. The van der Waals surface area contributed by atoms with Crippen LogP contribution in [0.25, 0.3) is 0 Å². The van der Waals surface area contributed by atoms with Crippen molar-refractivity contribution in [2.45, 2.75) is 33.3 Å². The minimum atomic E-state index is -0.502. The summed E-state index contributed by atoms with van der Waals surface area (Å²) in [6.45, 7) is 9.64. The molecule has 2 aromatic rings. The number of carbonyl (C=O) groups excluding carboxylic acids is 3. The predicted molar refractivity (Wildman–Crippen MR) is 121 cm³/mol. The van der Waals surface area contributed by atoms with Crippen LogP contribution in [0.1, 0.15) is 48.4 Å². The first-order valence-corrected chi connectivity index (χ1v) is 10.4. The zero-order chi connectivity index (χ0) is 22.6. The highest BCUT2D eigenvalue weighted by molar-refractivity contribution is 6.05. The summed E-state index contributed by atoms with van der Waals surface area (Å²) < 4.78 is 5.43. The predicted octanol–water partition coefficient (Wildman–Crippen LogP) is 4.20. The Balaban J connectivity index is 1.57. The number of Topliss-reactive ketones (excluding diaryl/α,β-unsaturated/α-hetero) is 1. The molecule has 0 aromatic heterocycles. The van der Waals surface area contributed by atoms with Crippen molar-refractivity contribution in [3.63, 3.8) is 0 Å². The molecular formula is C24H29N3O4. The molecule has 7 nitrogen and oxygen atoms in total. The number of hydrogen-bond acceptors (Lipinski definition) is 5. The number of ether oxygens (including phenoxy) is 1. The summed E-state index contributed by atoms with van der Waals surface area (Å²) in [7, 11) is 0. The zero-order valence-electron chi connectivity index (χ0n) is 18.5. The highest BCUT2D eigenvalue weighted by Crippen LogP contribution is 2.20. The molecule has 0 saturated carbocycles. The van der Waals surface area contributed by atoms with E-state index >= 15 is 0 Å². The Bertz CT molecular complexity index is 956. The summed E-state index contributed by atoms with van der Waals surface area (Å²) in [4.78, 5) is 40.2. The normalized spacial score (nSPS) is 14.2. The van der Waals surface area contributed by atoms with Gasteiger partial charge >= 0.3 is 6.09 Å². The van der Waals surface area contributed by atoms with Crippen LogP contribution in [-0.2, 0) is 4.74 Å². The maximum Gasteiger partial charge on any atom is 0.410 e. The molecule has 1 aliphatic heterocycles. The summed E-state index contributed by atoms with van der Waals surface area (Å²) in [5.74, 6) is -0.283. The number of carbonyl (C=O) groups is 3. The monoisotopic (exact) mass is 423 g/mol. The van der Waals surface area contributed by atoms with Crippen LogP contribution < -0.4 is 10.2 Å². The molecule has 2 amide bonds. The number of benzene rings is 2. The number of ketones is 1. The Kier molecular flexibility index (Phi) is 6.63. The van der Waals surface area contributed by atoms with E-state index in [9.17, 15) is 14.4 Å². The Labute approximate surface area is 183 Å². The summed E-state index contributed by atoms with van der Waals surface area (Å²) in [6, 6.07) is 14.2. The van der Waals surface area contributed by atoms with Crippen molar-refractivity contribution in [2.24, 2.45) is 0 Å². The molecule has 7 heteroatoms. The third-order valence-corrected chi connectivity index (χ3v) is 4.95. The Hall–Kier alpha value is -3.35. The molecule has 1 aliphatic rings. The third kappa shape index (κ3) is 6.07. The van der Waals surface area contributed by atoms with E-state index in [2.05, 4.69) is 10.2 Å². The molecule has 0 bridgehead atoms. The van der Waals surface area contributed by atoms with E-state index in [4.69, 9.17) is 4.74 Å². The lowest BCUT2D eigenvalue weighted by molar-refractivity contribution is 0.0240.